The number of thiophene rings is 1. The smallest absolute Gasteiger partial charge is 0.0850 e. The van der Waals surface area contributed by atoms with E-state index in [1.165, 1.54) is 9.75 Å². The lowest BCUT2D eigenvalue weighted by atomic mass is 10.1. The molecule has 0 aliphatic carbocycles. The van der Waals surface area contributed by atoms with E-state index in [2.05, 4.69) is 43.3 Å². The molecule has 1 unspecified atom stereocenters. The van der Waals surface area contributed by atoms with Gasteiger partial charge < -0.3 is 5.32 Å². The van der Waals surface area contributed by atoms with Gasteiger partial charge in [-0.05, 0) is 31.5 Å². The maximum Gasteiger partial charge on any atom is 0.0850 e. The summed E-state index contributed by atoms with van der Waals surface area (Å²) in [5.41, 5.74) is 2.11. The molecule has 0 amide bonds. The number of likely N-dealkylation sites (N-methyl/N-ethyl adjacent to an activating group) is 1. The average molecular weight is 326 g/mol. The van der Waals surface area contributed by atoms with Gasteiger partial charge in [0.05, 0.1) is 16.4 Å². The van der Waals surface area contributed by atoms with E-state index in [-0.39, 0.29) is 0 Å². The number of halogens is 1. The van der Waals surface area contributed by atoms with Gasteiger partial charge in [0.1, 0.15) is 0 Å². The van der Waals surface area contributed by atoms with Gasteiger partial charge in [-0.25, -0.2) is 0 Å². The molecule has 0 fully saturated rings. The Labute approximate surface area is 136 Å². The summed E-state index contributed by atoms with van der Waals surface area (Å²) in [4.78, 5) is 2.81. The molecule has 116 valence electrons. The number of rotatable bonds is 7. The van der Waals surface area contributed by atoms with Crippen LogP contribution in [0.1, 0.15) is 48.0 Å². The quantitative estimate of drug-likeness (QED) is 0.828. The number of hydrogen-bond donors (Lipinski definition) is 1. The van der Waals surface area contributed by atoms with E-state index in [1.54, 1.807) is 0 Å². The second-order valence-electron chi connectivity index (χ2n) is 5.16. The van der Waals surface area contributed by atoms with Crippen LogP contribution in [0.15, 0.2) is 12.1 Å². The minimum atomic E-state index is 0.304. The lowest BCUT2D eigenvalue weighted by Gasteiger charge is -2.17. The third kappa shape index (κ3) is 3.68. The summed E-state index contributed by atoms with van der Waals surface area (Å²) in [6, 6.07) is 4.77. The van der Waals surface area contributed by atoms with Gasteiger partial charge in [0.25, 0.3) is 0 Å². The topological polar surface area (TPSA) is 29.9 Å². The van der Waals surface area contributed by atoms with Crippen molar-refractivity contribution in [2.45, 2.75) is 46.1 Å². The average Bonchev–Trinajstić information content (AvgIpc) is 3.05. The molecular formula is C16H24ClN3S. The van der Waals surface area contributed by atoms with Crippen LogP contribution in [-0.2, 0) is 26.3 Å². The van der Waals surface area contributed by atoms with Crippen LogP contribution in [0.3, 0.4) is 0 Å². The molecule has 0 radical (unpaired) electrons. The van der Waals surface area contributed by atoms with Crippen molar-refractivity contribution in [3.8, 4) is 0 Å². The van der Waals surface area contributed by atoms with Gasteiger partial charge in [0.15, 0.2) is 0 Å². The first kappa shape index (κ1) is 16.5. The SMILES string of the molecule is CCNC(Cc1c(Cl)c(CC)nn1C)c1ccc(CC)s1. The van der Waals surface area contributed by atoms with Crippen LogP contribution >= 0.6 is 22.9 Å². The Morgan fingerprint density at radius 2 is 2.05 bits per heavy atom. The van der Waals surface area contributed by atoms with Gasteiger partial charge in [0, 0.05) is 29.3 Å². The summed E-state index contributed by atoms with van der Waals surface area (Å²) in [5, 5.41) is 8.92. The molecule has 2 aromatic rings. The fraction of sp³-hybridized carbons (Fsp3) is 0.562. The monoisotopic (exact) mass is 325 g/mol. The molecule has 1 atom stereocenters. The molecule has 0 aliphatic rings. The maximum absolute atomic E-state index is 6.49. The van der Waals surface area contributed by atoms with Crippen LogP contribution in [0.25, 0.3) is 0 Å². The highest BCUT2D eigenvalue weighted by Gasteiger charge is 2.20. The Bertz CT molecular complexity index is 588. The number of nitrogens with one attached hydrogen (secondary N) is 1. The second kappa shape index (κ2) is 7.43. The van der Waals surface area contributed by atoms with Crippen LogP contribution < -0.4 is 5.32 Å². The normalized spacial score (nSPS) is 12.8. The molecule has 0 spiro atoms. The van der Waals surface area contributed by atoms with E-state index in [1.807, 2.05) is 23.1 Å². The van der Waals surface area contributed by atoms with E-state index in [4.69, 9.17) is 11.6 Å². The third-order valence-corrected chi connectivity index (χ3v) is 5.50. The highest BCUT2D eigenvalue weighted by Crippen LogP contribution is 2.30. The van der Waals surface area contributed by atoms with Crippen LogP contribution in [0.5, 0.6) is 0 Å². The summed E-state index contributed by atoms with van der Waals surface area (Å²) < 4.78 is 1.93. The van der Waals surface area contributed by atoms with Crippen molar-refractivity contribution in [1.82, 2.24) is 15.1 Å². The lowest BCUT2D eigenvalue weighted by molar-refractivity contribution is 0.536. The minimum Gasteiger partial charge on any atom is -0.309 e. The van der Waals surface area contributed by atoms with Crippen molar-refractivity contribution in [2.75, 3.05) is 6.54 Å². The van der Waals surface area contributed by atoms with E-state index in [0.717, 1.165) is 42.2 Å². The largest absolute Gasteiger partial charge is 0.309 e. The van der Waals surface area contributed by atoms with E-state index in [0.29, 0.717) is 6.04 Å². The Kier molecular flexibility index (Phi) is 5.85. The van der Waals surface area contributed by atoms with Crippen molar-refractivity contribution in [3.63, 3.8) is 0 Å². The molecule has 3 nitrogen and oxygen atoms in total. The number of aromatic nitrogens is 2. The molecule has 2 rings (SSSR count). The molecule has 0 saturated carbocycles. The summed E-state index contributed by atoms with van der Waals surface area (Å²) in [7, 11) is 1.98. The zero-order chi connectivity index (χ0) is 15.4. The first-order chi connectivity index (χ1) is 10.1. The first-order valence-corrected chi connectivity index (χ1v) is 8.82. The zero-order valence-electron chi connectivity index (χ0n) is 13.2. The van der Waals surface area contributed by atoms with Gasteiger partial charge >= 0.3 is 0 Å². The van der Waals surface area contributed by atoms with Crippen LogP contribution in [0.4, 0.5) is 0 Å². The van der Waals surface area contributed by atoms with E-state index in [9.17, 15) is 0 Å². The summed E-state index contributed by atoms with van der Waals surface area (Å²) in [6.07, 6.45) is 2.84. The van der Waals surface area contributed by atoms with Crippen LogP contribution in [0.2, 0.25) is 5.02 Å². The lowest BCUT2D eigenvalue weighted by Crippen LogP contribution is -2.23. The third-order valence-electron chi connectivity index (χ3n) is 3.73. The first-order valence-electron chi connectivity index (χ1n) is 7.62. The molecule has 1 N–H and O–H groups in total. The molecule has 2 aromatic heterocycles. The minimum absolute atomic E-state index is 0.304. The summed E-state index contributed by atoms with van der Waals surface area (Å²) in [6.45, 7) is 7.37. The van der Waals surface area contributed by atoms with Crippen molar-refractivity contribution in [2.24, 2.45) is 7.05 Å². The van der Waals surface area contributed by atoms with Gasteiger partial charge in [-0.1, -0.05) is 32.4 Å². The van der Waals surface area contributed by atoms with Gasteiger partial charge in [-0.15, -0.1) is 11.3 Å². The number of nitrogens with zero attached hydrogens (tertiary/aromatic N) is 2. The molecule has 0 bridgehead atoms. The molecule has 21 heavy (non-hydrogen) atoms. The Hall–Kier alpha value is -0.840. The van der Waals surface area contributed by atoms with E-state index < -0.39 is 0 Å². The Balaban J connectivity index is 2.26. The summed E-state index contributed by atoms with van der Waals surface area (Å²) in [5.74, 6) is 0. The van der Waals surface area contributed by atoms with Crippen molar-refractivity contribution in [1.29, 1.82) is 0 Å². The summed E-state index contributed by atoms with van der Waals surface area (Å²) >= 11 is 8.38. The zero-order valence-corrected chi connectivity index (χ0v) is 14.8. The number of hydrogen-bond acceptors (Lipinski definition) is 3. The second-order valence-corrected chi connectivity index (χ2v) is 6.73. The van der Waals surface area contributed by atoms with Gasteiger partial charge in [0.2, 0.25) is 0 Å². The highest BCUT2D eigenvalue weighted by atomic mass is 35.5. The van der Waals surface area contributed by atoms with E-state index >= 15 is 0 Å². The van der Waals surface area contributed by atoms with Crippen molar-refractivity contribution >= 4 is 22.9 Å². The maximum atomic E-state index is 6.49. The van der Waals surface area contributed by atoms with Gasteiger partial charge in [-0.2, -0.15) is 5.10 Å². The molecule has 0 aliphatic heterocycles. The predicted octanol–water partition coefficient (Wildman–Crippen LogP) is 4.15. The standard InChI is InChI=1S/C16H24ClN3S/c1-5-11-8-9-15(21-11)13(18-7-3)10-14-16(17)12(6-2)19-20(14)4/h8-9,13,18H,5-7,10H2,1-4H3. The molecular weight excluding hydrogens is 302 g/mol. The fourth-order valence-electron chi connectivity index (χ4n) is 2.53. The molecule has 0 aromatic carbocycles. The molecule has 5 heteroatoms. The highest BCUT2D eigenvalue weighted by molar-refractivity contribution is 7.12. The Morgan fingerprint density at radius 1 is 1.29 bits per heavy atom. The van der Waals surface area contributed by atoms with Crippen LogP contribution in [-0.4, -0.2) is 16.3 Å². The fourth-order valence-corrected chi connectivity index (χ4v) is 3.93. The van der Waals surface area contributed by atoms with Crippen LogP contribution in [0, 0.1) is 0 Å². The van der Waals surface area contributed by atoms with Crippen molar-refractivity contribution < 1.29 is 0 Å². The molecule has 0 saturated heterocycles. The Morgan fingerprint density at radius 3 is 2.57 bits per heavy atom. The molecule has 2 heterocycles. The van der Waals surface area contributed by atoms with Crippen molar-refractivity contribution in [3.05, 3.63) is 38.3 Å². The predicted molar refractivity (Wildman–Crippen MR) is 91.4 cm³/mol. The number of aryl methyl sites for hydroxylation is 3. The van der Waals surface area contributed by atoms with Gasteiger partial charge in [-0.3, -0.25) is 4.68 Å².